The normalized spacial score (nSPS) is 24.3. The number of quaternary nitrogens is 1. The minimum absolute atomic E-state index is 0.00339. The highest BCUT2D eigenvalue weighted by molar-refractivity contribution is 6.01. The van der Waals surface area contributed by atoms with Crippen LogP contribution >= 0.6 is 0 Å². The zero-order valence-electron chi connectivity index (χ0n) is 81.1. The first-order valence-corrected chi connectivity index (χ1v) is 49.4. The van der Waals surface area contributed by atoms with Gasteiger partial charge in [-0.05, 0) is 215 Å². The number of carbonyl (C=O) groups is 10. The maximum Gasteiger partial charge on any atom is 0.312 e. The van der Waals surface area contributed by atoms with Crippen molar-refractivity contribution >= 4 is 64.9 Å². The van der Waals surface area contributed by atoms with E-state index in [1.165, 1.54) is 5.56 Å². The molecule has 744 valence electrons. The molecule has 0 aliphatic heterocycles. The predicted octanol–water partition coefficient (Wildman–Crippen LogP) is 7.72. The second-order valence-electron chi connectivity index (χ2n) is 39.6. The molecule has 0 saturated heterocycles. The molecule has 3 saturated carbocycles. The first-order chi connectivity index (χ1) is 63.8. The molecule has 0 bridgehead atoms. The number of urea groups is 1. The Balaban J connectivity index is 0.740. The number of primary amides is 1. The molecule has 33 nitrogen and oxygen atoms in total. The van der Waals surface area contributed by atoms with Gasteiger partial charge in [-0.15, -0.1) is 11.8 Å². The number of benzene rings is 2. The average molecular weight is 1860 g/mol. The van der Waals surface area contributed by atoms with E-state index < -0.39 is 76.1 Å². The molecule has 2 aromatic rings. The van der Waals surface area contributed by atoms with Crippen LogP contribution in [0.2, 0.25) is 0 Å². The number of phenols is 1. The summed E-state index contributed by atoms with van der Waals surface area (Å²) in [7, 11) is 6.23. The van der Waals surface area contributed by atoms with Gasteiger partial charge in [0.1, 0.15) is 30.5 Å². The lowest BCUT2D eigenvalue weighted by atomic mass is 9.49. The standard InChI is InChI=1S/C100H159N13O20/c1-69(2)90(93(121)110-81(26-19-45-107-96(102)124)91(119)108-72-32-28-70-30-35-83-97(3,77(70)66-72)40-20-42-99(83,5)94(122)112-95(123)100(6)43-21-41-98(4)78-67-73(114)33-29-71(78)31-36-84(98)100)111-92(120)80(109-87(117)39-51-126-55-59-130-63-65-132-61-57-128-53-48-106-85(115)37-34-76-74-22-13-10-11-14-23-75(74)76)25-17-18-44-104-88(118)68-133-82-27-16-12-15-24-79(89(82)101)103-47-52-127-56-60-131-64-62-129-58-54-125-50-38-86(116)105-46-49-113(7,8)9/h28-29,32-33,66-67,69,74-76,80-84,90,103H,12-27,30-31,34-65,68,101H2,1-9H3,(H11-,102,104,105,106,107,108,109,110,111,112,114,115,116,117,118,119,120,121,122,123,124)/p+1/b89-79-/t74-,75+,76-,80-,81+,82?,83-,84-,90+,97-,98-,99+,100+/m1/s1. The number of carbonyl (C=O) groups excluding carboxylic acids is 10. The molecule has 2 aromatic carbocycles. The average Bonchev–Trinajstić information content (AvgIpc) is 1.17. The summed E-state index contributed by atoms with van der Waals surface area (Å²) < 4.78 is 52.3. The van der Waals surface area contributed by atoms with Gasteiger partial charge < -0.3 is 112 Å². The Morgan fingerprint density at radius 2 is 1.01 bits per heavy atom. The van der Waals surface area contributed by atoms with Crippen LogP contribution in [0.1, 0.15) is 231 Å². The molecule has 11 amide bonds. The number of unbranched alkanes of at least 4 members (excludes halogenated alkanes) is 1. The lowest BCUT2D eigenvalue weighted by Gasteiger charge is -2.56. The zero-order chi connectivity index (χ0) is 95.8. The van der Waals surface area contributed by atoms with E-state index >= 15 is 4.79 Å². The van der Waals surface area contributed by atoms with Crippen molar-refractivity contribution in [3.05, 3.63) is 70.0 Å². The number of aryl methyl sites for hydroxylation is 2. The Bertz CT molecular complexity index is 4170. The number of nitrogens with zero attached hydrogens (tertiary/aromatic N) is 1. The number of aromatic hydroxyl groups is 1. The Kier molecular flexibility index (Phi) is 44.7. The monoisotopic (exact) mass is 1860 g/mol. The molecule has 33 heteroatoms. The van der Waals surface area contributed by atoms with Crippen LogP contribution in [0.3, 0.4) is 0 Å². The van der Waals surface area contributed by atoms with Gasteiger partial charge in [-0.25, -0.2) is 4.79 Å². The molecule has 7 aliphatic carbocycles. The van der Waals surface area contributed by atoms with E-state index in [-0.39, 0.29) is 118 Å². The second-order valence-corrected chi connectivity index (χ2v) is 39.6. The van der Waals surface area contributed by atoms with Gasteiger partial charge >= 0.3 is 6.03 Å². The van der Waals surface area contributed by atoms with Crippen molar-refractivity contribution in [1.82, 2.24) is 47.9 Å². The summed E-state index contributed by atoms with van der Waals surface area (Å²) >= 11 is 0. The number of likely N-dealkylation sites (N-methyl/N-ethyl adjacent to an activating group) is 1. The lowest BCUT2D eigenvalue weighted by molar-refractivity contribution is -0.869. The molecule has 0 spiro atoms. The number of rotatable bonds is 59. The first-order valence-electron chi connectivity index (χ1n) is 49.4. The maximum atomic E-state index is 15.1. The summed E-state index contributed by atoms with van der Waals surface area (Å²) in [5, 5.41) is 40.2. The molecule has 13 atom stereocenters. The smallest absolute Gasteiger partial charge is 0.312 e. The third-order valence-corrected chi connectivity index (χ3v) is 28.5. The van der Waals surface area contributed by atoms with Crippen LogP contribution < -0.4 is 64.6 Å². The molecule has 9 rings (SSSR count). The number of hydrogen-bond donors (Lipinski definition) is 13. The first kappa shape index (κ1) is 108. The van der Waals surface area contributed by atoms with Gasteiger partial charge in [0.05, 0.1) is 163 Å². The van der Waals surface area contributed by atoms with Gasteiger partial charge in [0.15, 0.2) is 0 Å². The molecule has 0 radical (unpaired) electrons. The van der Waals surface area contributed by atoms with Crippen molar-refractivity contribution in [1.29, 1.82) is 0 Å². The van der Waals surface area contributed by atoms with Gasteiger partial charge in [-0.3, -0.25) is 48.5 Å². The van der Waals surface area contributed by atoms with E-state index in [1.807, 2.05) is 44.2 Å². The molecule has 0 heterocycles. The number of hydrogen-bond acceptors (Lipinski definition) is 22. The SMILES string of the molecule is CC(C)[C@H](NC(=O)[C@@H](CCCCNC(=O)COC1CCCCC/C(NCCOCCOCCOCCOCCC(=O)NCC[N+](C)(C)C)=C\1N)NC(=O)CCOCCOCCOCCOCCNC(=O)CC[C@@H]1[C@@H]2CCC#CCC[C@@H]21)C(=O)N[C@@H](CCCNC(N)=O)C(=O)Nc1ccc2c(c1)[C@@]1(C)CCC[C@](C)(C(=O)NC(=O)[C@@]3(C)CCC[C@]4(C)c5cc(O)ccc5CC[C@@H]34)[C@@H]1CC2. The van der Waals surface area contributed by atoms with Crippen LogP contribution in [-0.4, -0.2) is 266 Å². The van der Waals surface area contributed by atoms with Crippen molar-refractivity contribution in [2.75, 3.05) is 178 Å². The van der Waals surface area contributed by atoms with Crippen molar-refractivity contribution in [3.63, 3.8) is 0 Å². The van der Waals surface area contributed by atoms with E-state index in [4.69, 9.17) is 54.1 Å². The lowest BCUT2D eigenvalue weighted by Crippen LogP contribution is -2.60. The third kappa shape index (κ3) is 34.3. The summed E-state index contributed by atoms with van der Waals surface area (Å²) in [5.74, 6) is 4.79. The number of fused-ring (bicyclic) bond motifs is 7. The maximum absolute atomic E-state index is 15.1. The van der Waals surface area contributed by atoms with Crippen LogP contribution in [0.25, 0.3) is 0 Å². The number of phenolic OH excluding ortho intramolecular Hbond substituents is 1. The van der Waals surface area contributed by atoms with Gasteiger partial charge in [-0.1, -0.05) is 79.4 Å². The van der Waals surface area contributed by atoms with Crippen LogP contribution in [0.15, 0.2) is 47.8 Å². The number of ether oxygens (including phenoxy) is 9. The second kappa shape index (κ2) is 55.0. The number of nitrogens with one attached hydrogen (secondary N) is 10. The number of imide groups is 1. The Hall–Kier alpha value is -8.56. The predicted molar refractivity (Wildman–Crippen MR) is 506 cm³/mol. The van der Waals surface area contributed by atoms with Crippen molar-refractivity contribution in [2.24, 2.45) is 57.8 Å². The fourth-order valence-electron chi connectivity index (χ4n) is 21.0. The molecule has 133 heavy (non-hydrogen) atoms. The van der Waals surface area contributed by atoms with Crippen LogP contribution in [0.5, 0.6) is 5.75 Å². The molecule has 15 N–H and O–H groups in total. The highest BCUT2D eigenvalue weighted by Gasteiger charge is 2.59. The zero-order valence-corrected chi connectivity index (χ0v) is 81.1. The summed E-state index contributed by atoms with van der Waals surface area (Å²) in [4.78, 5) is 138. The van der Waals surface area contributed by atoms with Gasteiger partial charge in [0.25, 0.3) is 0 Å². The minimum atomic E-state index is -1.22. The Morgan fingerprint density at radius 3 is 1.59 bits per heavy atom. The van der Waals surface area contributed by atoms with Crippen molar-refractivity contribution in [2.45, 2.75) is 256 Å². The van der Waals surface area contributed by atoms with Crippen LogP contribution in [0, 0.1) is 58.2 Å². The fraction of sp³-hybridized carbons (Fsp3) is 0.740. The quantitative estimate of drug-likeness (QED) is 0.0130. The van der Waals surface area contributed by atoms with Gasteiger partial charge in [0.2, 0.25) is 53.2 Å². The summed E-state index contributed by atoms with van der Waals surface area (Å²) in [5.41, 5.74) is 15.8. The van der Waals surface area contributed by atoms with Gasteiger partial charge in [0, 0.05) is 69.7 Å². The van der Waals surface area contributed by atoms with Crippen molar-refractivity contribution in [3.8, 4) is 17.6 Å². The highest BCUT2D eigenvalue weighted by atomic mass is 16.6. The highest BCUT2D eigenvalue weighted by Crippen LogP contribution is 2.60. The number of amides is 11. The molecule has 3 fully saturated rings. The van der Waals surface area contributed by atoms with Crippen LogP contribution in [-0.2, 0) is 109 Å². The summed E-state index contributed by atoms with van der Waals surface area (Å²) in [6, 6.07) is 7.05. The van der Waals surface area contributed by atoms with E-state index in [2.05, 4.69) is 100.0 Å². The van der Waals surface area contributed by atoms with Gasteiger partial charge in [-0.2, -0.15) is 0 Å². The van der Waals surface area contributed by atoms with E-state index in [0.29, 0.717) is 187 Å². The minimum Gasteiger partial charge on any atom is -0.508 e. The third-order valence-electron chi connectivity index (χ3n) is 28.5. The van der Waals surface area contributed by atoms with E-state index in [1.54, 1.807) is 19.9 Å². The van der Waals surface area contributed by atoms with Crippen LogP contribution in [0.4, 0.5) is 10.5 Å². The van der Waals surface area contributed by atoms with Crippen molar-refractivity contribution < 1.29 is 100 Å². The Morgan fingerprint density at radius 1 is 0.496 bits per heavy atom. The number of anilines is 1. The summed E-state index contributed by atoms with van der Waals surface area (Å²) in [6.07, 6.45) is 18.0. The molecular formula is C100H160N13O20+. The van der Waals surface area contributed by atoms with E-state index in [9.17, 15) is 48.3 Å². The number of allylic oxidation sites excluding steroid dienone is 1. The Labute approximate surface area is 788 Å². The molecule has 7 aliphatic rings. The largest absolute Gasteiger partial charge is 0.508 e. The summed E-state index contributed by atoms with van der Waals surface area (Å²) in [6.45, 7) is 19.6. The molecular weight excluding hydrogens is 1700 g/mol. The van der Waals surface area contributed by atoms with E-state index in [0.717, 1.165) is 135 Å². The fourth-order valence-corrected chi connectivity index (χ4v) is 21.0. The topological polar surface area (TPSA) is 446 Å². The molecule has 1 unspecified atom stereocenters. The number of nitrogens with two attached hydrogens (primary N) is 2. The molecule has 0 aromatic heterocycles.